The number of hydrogen-bond acceptors (Lipinski definition) is 2. The van der Waals surface area contributed by atoms with E-state index in [9.17, 15) is 0 Å². The van der Waals surface area contributed by atoms with E-state index >= 15 is 0 Å². The summed E-state index contributed by atoms with van der Waals surface area (Å²) in [6.45, 7) is 5.54. The van der Waals surface area contributed by atoms with E-state index in [4.69, 9.17) is 4.84 Å². The minimum atomic E-state index is 0.943. The molecule has 0 aromatic rings. The highest BCUT2D eigenvalue weighted by Crippen LogP contribution is 2.14. The standard InChI is InChI=1S/C20H41NO/c1-2-3-4-5-6-7-8-9-10-11-12-13-14-15-16-17-20-22-21-18-19-21/h2-20H2,1H3. The average molecular weight is 312 g/mol. The maximum absolute atomic E-state index is 5.51. The van der Waals surface area contributed by atoms with Crippen LogP contribution in [0.3, 0.4) is 0 Å². The van der Waals surface area contributed by atoms with Gasteiger partial charge in [0.25, 0.3) is 0 Å². The Kier molecular flexibility index (Phi) is 14.3. The van der Waals surface area contributed by atoms with Crippen molar-refractivity contribution in [2.75, 3.05) is 19.7 Å². The van der Waals surface area contributed by atoms with Gasteiger partial charge in [0.05, 0.1) is 6.61 Å². The fourth-order valence-corrected chi connectivity index (χ4v) is 3.01. The second-order valence-corrected chi connectivity index (χ2v) is 7.07. The highest BCUT2D eigenvalue weighted by molar-refractivity contribution is 4.60. The lowest BCUT2D eigenvalue weighted by molar-refractivity contribution is -0.0654. The summed E-state index contributed by atoms with van der Waals surface area (Å²) in [5.74, 6) is 0. The van der Waals surface area contributed by atoms with E-state index < -0.39 is 0 Å². The average Bonchev–Trinajstić information content (AvgIpc) is 3.34. The van der Waals surface area contributed by atoms with Gasteiger partial charge in [-0.3, -0.25) is 4.84 Å². The summed E-state index contributed by atoms with van der Waals surface area (Å²) < 4.78 is 0. The van der Waals surface area contributed by atoms with Gasteiger partial charge < -0.3 is 0 Å². The predicted molar refractivity (Wildman–Crippen MR) is 97.1 cm³/mol. The third kappa shape index (κ3) is 14.8. The highest BCUT2D eigenvalue weighted by Gasteiger charge is 2.16. The maximum Gasteiger partial charge on any atom is 0.0685 e. The Morgan fingerprint density at radius 1 is 0.545 bits per heavy atom. The second kappa shape index (κ2) is 15.8. The third-order valence-corrected chi connectivity index (χ3v) is 4.68. The first-order valence-corrected chi connectivity index (χ1v) is 10.3. The zero-order valence-corrected chi connectivity index (χ0v) is 15.3. The fourth-order valence-electron chi connectivity index (χ4n) is 3.01. The van der Waals surface area contributed by atoms with E-state index in [2.05, 4.69) is 6.92 Å². The van der Waals surface area contributed by atoms with E-state index in [1.165, 1.54) is 103 Å². The first kappa shape index (κ1) is 20.0. The Hall–Kier alpha value is -0.0800. The molecule has 0 aliphatic carbocycles. The second-order valence-electron chi connectivity index (χ2n) is 7.07. The minimum Gasteiger partial charge on any atom is -0.299 e. The summed E-state index contributed by atoms with van der Waals surface area (Å²) >= 11 is 0. The van der Waals surface area contributed by atoms with Crippen LogP contribution in [-0.4, -0.2) is 24.8 Å². The summed E-state index contributed by atoms with van der Waals surface area (Å²) in [4.78, 5) is 5.51. The lowest BCUT2D eigenvalue weighted by atomic mass is 10.0. The highest BCUT2D eigenvalue weighted by atomic mass is 16.7. The Balaban J connectivity index is 1.59. The summed E-state index contributed by atoms with van der Waals surface area (Å²) in [5.41, 5.74) is 0. The lowest BCUT2D eigenvalue weighted by Gasteiger charge is -2.04. The Morgan fingerprint density at radius 2 is 0.909 bits per heavy atom. The molecule has 0 aromatic heterocycles. The molecule has 0 amide bonds. The first-order valence-electron chi connectivity index (χ1n) is 10.3. The van der Waals surface area contributed by atoms with Crippen LogP contribution in [0.4, 0.5) is 0 Å². The number of rotatable bonds is 18. The third-order valence-electron chi connectivity index (χ3n) is 4.68. The van der Waals surface area contributed by atoms with Gasteiger partial charge in [0.1, 0.15) is 0 Å². The van der Waals surface area contributed by atoms with Crippen molar-refractivity contribution in [1.82, 2.24) is 5.06 Å². The molecular formula is C20H41NO. The van der Waals surface area contributed by atoms with Gasteiger partial charge in [0.2, 0.25) is 0 Å². The largest absolute Gasteiger partial charge is 0.299 e. The van der Waals surface area contributed by atoms with Crippen LogP contribution in [0.1, 0.15) is 110 Å². The topological polar surface area (TPSA) is 12.2 Å². The predicted octanol–water partition coefficient (Wildman–Crippen LogP) is 6.50. The molecule has 0 unspecified atom stereocenters. The van der Waals surface area contributed by atoms with Gasteiger partial charge in [-0.15, -0.1) is 0 Å². The lowest BCUT2D eigenvalue weighted by Crippen LogP contribution is -2.00. The molecule has 1 fully saturated rings. The number of hydroxylamine groups is 2. The van der Waals surface area contributed by atoms with E-state index in [1.807, 2.05) is 5.06 Å². The maximum atomic E-state index is 5.51. The van der Waals surface area contributed by atoms with Crippen LogP contribution in [0.25, 0.3) is 0 Å². The van der Waals surface area contributed by atoms with Crippen LogP contribution >= 0.6 is 0 Å². The van der Waals surface area contributed by atoms with E-state index in [1.54, 1.807) is 0 Å². The molecule has 0 N–H and O–H groups in total. The van der Waals surface area contributed by atoms with Gasteiger partial charge in [-0.05, 0) is 6.42 Å². The quantitative estimate of drug-likeness (QED) is 0.212. The number of nitrogens with zero attached hydrogens (tertiary/aromatic N) is 1. The number of unbranched alkanes of at least 4 members (excludes halogenated alkanes) is 15. The summed E-state index contributed by atoms with van der Waals surface area (Å²) in [7, 11) is 0. The zero-order valence-electron chi connectivity index (χ0n) is 15.3. The molecule has 1 aliphatic rings. The molecule has 1 aliphatic heterocycles. The molecule has 2 heteroatoms. The molecule has 0 radical (unpaired) electrons. The van der Waals surface area contributed by atoms with E-state index in [-0.39, 0.29) is 0 Å². The Bertz CT molecular complexity index is 216. The normalized spacial score (nSPS) is 14.6. The summed E-state index contributed by atoms with van der Waals surface area (Å²) in [6, 6.07) is 0. The molecule has 0 atom stereocenters. The van der Waals surface area contributed by atoms with E-state index in [0.29, 0.717) is 0 Å². The van der Waals surface area contributed by atoms with Crippen molar-refractivity contribution in [3.8, 4) is 0 Å². The Morgan fingerprint density at radius 3 is 1.27 bits per heavy atom. The van der Waals surface area contributed by atoms with Gasteiger partial charge in [-0.25, -0.2) is 0 Å². The minimum absolute atomic E-state index is 0.943. The van der Waals surface area contributed by atoms with Crippen molar-refractivity contribution < 1.29 is 4.84 Å². The molecule has 1 heterocycles. The van der Waals surface area contributed by atoms with Crippen LogP contribution in [0.15, 0.2) is 0 Å². The van der Waals surface area contributed by atoms with Crippen molar-refractivity contribution in [3.63, 3.8) is 0 Å². The Labute approximate surface area is 139 Å². The molecule has 1 rings (SSSR count). The van der Waals surface area contributed by atoms with Crippen LogP contribution in [0.2, 0.25) is 0 Å². The van der Waals surface area contributed by atoms with Crippen LogP contribution < -0.4 is 0 Å². The fraction of sp³-hybridized carbons (Fsp3) is 1.00. The van der Waals surface area contributed by atoms with Gasteiger partial charge in [0, 0.05) is 13.1 Å². The van der Waals surface area contributed by atoms with Crippen molar-refractivity contribution >= 4 is 0 Å². The molecule has 0 spiro atoms. The smallest absolute Gasteiger partial charge is 0.0685 e. The zero-order chi connectivity index (χ0) is 15.7. The van der Waals surface area contributed by atoms with Crippen LogP contribution in [-0.2, 0) is 4.84 Å². The molecule has 1 saturated heterocycles. The van der Waals surface area contributed by atoms with Gasteiger partial charge in [-0.2, -0.15) is 5.06 Å². The molecule has 2 nitrogen and oxygen atoms in total. The molecule has 0 bridgehead atoms. The number of hydrogen-bond donors (Lipinski definition) is 0. The van der Waals surface area contributed by atoms with E-state index in [0.717, 1.165) is 19.7 Å². The van der Waals surface area contributed by atoms with Crippen molar-refractivity contribution in [3.05, 3.63) is 0 Å². The van der Waals surface area contributed by atoms with Gasteiger partial charge in [-0.1, -0.05) is 103 Å². The SMILES string of the molecule is CCCCCCCCCCCCCCCCCCON1CC1. The van der Waals surface area contributed by atoms with Crippen molar-refractivity contribution in [1.29, 1.82) is 0 Å². The molecule has 132 valence electrons. The summed E-state index contributed by atoms with van der Waals surface area (Å²) in [6.07, 6.45) is 22.9. The molecule has 22 heavy (non-hydrogen) atoms. The van der Waals surface area contributed by atoms with Crippen molar-refractivity contribution in [2.24, 2.45) is 0 Å². The molecule has 0 saturated carbocycles. The molecular weight excluding hydrogens is 270 g/mol. The van der Waals surface area contributed by atoms with Crippen molar-refractivity contribution in [2.45, 2.75) is 110 Å². The monoisotopic (exact) mass is 311 g/mol. The van der Waals surface area contributed by atoms with Crippen LogP contribution in [0.5, 0.6) is 0 Å². The summed E-state index contributed by atoms with van der Waals surface area (Å²) in [5, 5.41) is 2.05. The van der Waals surface area contributed by atoms with Gasteiger partial charge in [0.15, 0.2) is 0 Å². The first-order chi connectivity index (χ1) is 10.9. The van der Waals surface area contributed by atoms with Crippen LogP contribution in [0, 0.1) is 0 Å². The molecule has 0 aromatic carbocycles. The van der Waals surface area contributed by atoms with Gasteiger partial charge >= 0.3 is 0 Å².